The highest BCUT2D eigenvalue weighted by atomic mass is 79.9. The summed E-state index contributed by atoms with van der Waals surface area (Å²) in [6, 6.07) is 10.9. The number of aromatic nitrogens is 1. The Morgan fingerprint density at radius 1 is 1.17 bits per heavy atom. The number of ether oxygens (including phenoxy) is 1. The molecule has 4 rings (SSSR count). The maximum Gasteiger partial charge on any atom is 0.407 e. The van der Waals surface area contributed by atoms with Gasteiger partial charge in [0.05, 0.1) is 0 Å². The van der Waals surface area contributed by atoms with E-state index in [1.807, 2.05) is 20.8 Å². The summed E-state index contributed by atoms with van der Waals surface area (Å²) in [5.74, 6) is 0.953. The average molecular weight is 558 g/mol. The molecule has 0 spiro atoms. The van der Waals surface area contributed by atoms with Gasteiger partial charge in [0.1, 0.15) is 11.4 Å². The summed E-state index contributed by atoms with van der Waals surface area (Å²) in [4.78, 5) is 19.1. The topological polar surface area (TPSA) is 66.5 Å². The molecule has 1 aromatic carbocycles. The number of nitrogens with one attached hydrogen (secondary N) is 2. The summed E-state index contributed by atoms with van der Waals surface area (Å²) in [6.07, 6.45) is 1.38. The highest BCUT2D eigenvalue weighted by Crippen LogP contribution is 2.42. The number of hydrogen-bond donors (Lipinski definition) is 2. The zero-order valence-electron chi connectivity index (χ0n) is 20.8. The smallest absolute Gasteiger partial charge is 0.407 e. The molecule has 6 nitrogen and oxygen atoms in total. The van der Waals surface area contributed by atoms with Crippen molar-refractivity contribution in [3.05, 3.63) is 67.9 Å². The number of thiophene rings is 1. The first-order chi connectivity index (χ1) is 16.7. The first kappa shape index (κ1) is 25.7. The Morgan fingerprint density at radius 2 is 1.97 bits per heavy atom. The van der Waals surface area contributed by atoms with E-state index < -0.39 is 5.60 Å². The number of halogens is 1. The van der Waals surface area contributed by atoms with Crippen LogP contribution in [0.4, 0.5) is 10.6 Å². The highest BCUT2D eigenvalue weighted by Gasteiger charge is 2.24. The third kappa shape index (κ3) is 7.06. The zero-order valence-corrected chi connectivity index (χ0v) is 23.2. The average Bonchev–Trinajstić information content (AvgIpc) is 3.39. The molecule has 0 saturated carbocycles. The van der Waals surface area contributed by atoms with Crippen molar-refractivity contribution in [2.24, 2.45) is 0 Å². The SMILES string of the molecule is CN(CCNC(=O)OC(C)(C)C)CCNc1nc(Cc2ccsc2)cc2c1-c1ccc(Br)cc1C2. The predicted molar refractivity (Wildman–Crippen MR) is 148 cm³/mol. The fraction of sp³-hybridized carbons (Fsp3) is 0.407. The largest absolute Gasteiger partial charge is 0.444 e. The second-order valence-electron chi connectivity index (χ2n) is 9.94. The summed E-state index contributed by atoms with van der Waals surface area (Å²) in [5, 5.41) is 10.7. The number of amides is 1. The van der Waals surface area contributed by atoms with Crippen molar-refractivity contribution in [2.45, 2.75) is 39.2 Å². The molecule has 0 aliphatic heterocycles. The number of anilines is 1. The van der Waals surface area contributed by atoms with Crippen LogP contribution in [0.15, 0.2) is 45.6 Å². The lowest BCUT2D eigenvalue weighted by Gasteiger charge is -2.21. The van der Waals surface area contributed by atoms with Crippen molar-refractivity contribution >= 4 is 39.2 Å². The molecule has 3 aromatic rings. The number of nitrogens with zero attached hydrogens (tertiary/aromatic N) is 2. The van der Waals surface area contributed by atoms with Gasteiger partial charge >= 0.3 is 6.09 Å². The lowest BCUT2D eigenvalue weighted by atomic mass is 10.0. The van der Waals surface area contributed by atoms with Crippen molar-refractivity contribution in [2.75, 3.05) is 38.5 Å². The monoisotopic (exact) mass is 556 g/mol. The van der Waals surface area contributed by atoms with Gasteiger partial charge in [-0.05, 0) is 91.5 Å². The van der Waals surface area contributed by atoms with Crippen LogP contribution in [0.1, 0.15) is 43.2 Å². The van der Waals surface area contributed by atoms with Crippen molar-refractivity contribution in [1.29, 1.82) is 0 Å². The van der Waals surface area contributed by atoms with Gasteiger partial charge in [-0.3, -0.25) is 0 Å². The number of alkyl carbamates (subject to hydrolysis) is 1. The number of fused-ring (bicyclic) bond motifs is 3. The van der Waals surface area contributed by atoms with Gasteiger partial charge in [0.15, 0.2) is 0 Å². The van der Waals surface area contributed by atoms with Gasteiger partial charge in [-0.25, -0.2) is 9.78 Å². The minimum absolute atomic E-state index is 0.378. The number of hydrogen-bond acceptors (Lipinski definition) is 6. The lowest BCUT2D eigenvalue weighted by Crippen LogP contribution is -2.38. The number of carbonyl (C=O) groups is 1. The Labute approximate surface area is 220 Å². The van der Waals surface area contributed by atoms with Crippen LogP contribution in [-0.2, 0) is 17.6 Å². The molecular weight excluding hydrogens is 524 g/mol. The maximum atomic E-state index is 11.8. The molecule has 0 atom stereocenters. The number of carbonyl (C=O) groups excluding carboxylic acids is 1. The summed E-state index contributed by atoms with van der Waals surface area (Å²) in [6.45, 7) is 8.45. The van der Waals surface area contributed by atoms with E-state index in [1.165, 1.54) is 27.8 Å². The first-order valence-electron chi connectivity index (χ1n) is 11.9. The van der Waals surface area contributed by atoms with Crippen LogP contribution in [0.25, 0.3) is 11.1 Å². The Bertz CT molecular complexity index is 1170. The van der Waals surface area contributed by atoms with E-state index >= 15 is 0 Å². The van der Waals surface area contributed by atoms with Gasteiger partial charge < -0.3 is 20.3 Å². The summed E-state index contributed by atoms with van der Waals surface area (Å²) in [5.41, 5.74) is 7.04. The zero-order chi connectivity index (χ0) is 25.0. The molecule has 35 heavy (non-hydrogen) atoms. The van der Waals surface area contributed by atoms with Crippen LogP contribution < -0.4 is 10.6 Å². The molecule has 2 N–H and O–H groups in total. The molecule has 0 saturated heterocycles. The van der Waals surface area contributed by atoms with Gasteiger partial charge in [-0.1, -0.05) is 22.0 Å². The molecule has 2 heterocycles. The number of rotatable bonds is 9. The molecular formula is C27H33BrN4O2S. The van der Waals surface area contributed by atoms with E-state index in [-0.39, 0.29) is 6.09 Å². The number of likely N-dealkylation sites (N-methyl/N-ethyl adjacent to an activating group) is 1. The van der Waals surface area contributed by atoms with Gasteiger partial charge in [0, 0.05) is 48.3 Å². The van der Waals surface area contributed by atoms with Crippen LogP contribution in [0.5, 0.6) is 0 Å². The summed E-state index contributed by atoms with van der Waals surface area (Å²) < 4.78 is 6.40. The minimum atomic E-state index is -0.486. The van der Waals surface area contributed by atoms with Gasteiger partial charge in [0.2, 0.25) is 0 Å². The van der Waals surface area contributed by atoms with E-state index in [1.54, 1.807) is 11.3 Å². The summed E-state index contributed by atoms with van der Waals surface area (Å²) in [7, 11) is 2.05. The van der Waals surface area contributed by atoms with Crippen molar-refractivity contribution in [3.8, 4) is 11.1 Å². The van der Waals surface area contributed by atoms with E-state index in [9.17, 15) is 4.79 Å². The van der Waals surface area contributed by atoms with E-state index in [4.69, 9.17) is 9.72 Å². The Kier molecular flexibility index (Phi) is 8.14. The third-order valence-electron chi connectivity index (χ3n) is 5.78. The molecule has 2 aromatic heterocycles. The van der Waals surface area contributed by atoms with Gasteiger partial charge in [0.25, 0.3) is 0 Å². The minimum Gasteiger partial charge on any atom is -0.444 e. The molecule has 1 aliphatic carbocycles. The summed E-state index contributed by atoms with van der Waals surface area (Å²) >= 11 is 5.33. The highest BCUT2D eigenvalue weighted by molar-refractivity contribution is 9.10. The van der Waals surface area contributed by atoms with Crippen LogP contribution in [-0.4, -0.2) is 54.8 Å². The van der Waals surface area contributed by atoms with Crippen LogP contribution in [0.2, 0.25) is 0 Å². The normalized spacial score (nSPS) is 12.4. The molecule has 0 radical (unpaired) electrons. The van der Waals surface area contributed by atoms with E-state index in [0.29, 0.717) is 6.54 Å². The molecule has 8 heteroatoms. The molecule has 0 unspecified atom stereocenters. The Hall–Kier alpha value is -2.42. The van der Waals surface area contributed by atoms with Crippen LogP contribution in [0, 0.1) is 0 Å². The Morgan fingerprint density at radius 3 is 2.71 bits per heavy atom. The van der Waals surface area contributed by atoms with Crippen LogP contribution in [0.3, 0.4) is 0 Å². The maximum absolute atomic E-state index is 11.8. The predicted octanol–water partition coefficient (Wildman–Crippen LogP) is 5.94. The van der Waals surface area contributed by atoms with E-state index in [0.717, 1.165) is 48.5 Å². The molecule has 1 aliphatic rings. The fourth-order valence-electron chi connectivity index (χ4n) is 4.22. The van der Waals surface area contributed by atoms with Gasteiger partial charge in [-0.2, -0.15) is 11.3 Å². The first-order valence-corrected chi connectivity index (χ1v) is 13.6. The molecule has 186 valence electrons. The van der Waals surface area contributed by atoms with Crippen molar-refractivity contribution < 1.29 is 9.53 Å². The molecule has 0 fully saturated rings. The second kappa shape index (κ2) is 11.1. The standard InChI is InChI=1S/C27H33BrN4O2S/c1-27(2,3)34-26(33)30-9-11-32(4)10-8-29-25-24-20(14-19-15-21(28)5-6-23(19)24)16-22(31-25)13-18-7-12-35-17-18/h5-7,12,15-17H,8-11,13-14H2,1-4H3,(H,29,31)(H,30,33). The fourth-order valence-corrected chi connectivity index (χ4v) is 5.29. The second-order valence-corrected chi connectivity index (χ2v) is 11.6. The molecule has 0 bridgehead atoms. The number of pyridine rings is 1. The van der Waals surface area contributed by atoms with Crippen LogP contribution >= 0.6 is 27.3 Å². The number of benzene rings is 1. The third-order valence-corrected chi connectivity index (χ3v) is 7.01. The van der Waals surface area contributed by atoms with Gasteiger partial charge in [-0.15, -0.1) is 0 Å². The van der Waals surface area contributed by atoms with Crippen molar-refractivity contribution in [3.63, 3.8) is 0 Å². The Balaban J connectivity index is 1.40. The quantitative estimate of drug-likeness (QED) is 0.267. The van der Waals surface area contributed by atoms with Crippen molar-refractivity contribution in [1.82, 2.24) is 15.2 Å². The van der Waals surface area contributed by atoms with E-state index in [2.05, 4.69) is 79.6 Å². The lowest BCUT2D eigenvalue weighted by molar-refractivity contribution is 0.0524. The molecule has 1 amide bonds.